The number of hydrogen-bond donors (Lipinski definition) is 2. The molecule has 0 aliphatic carbocycles. The van der Waals surface area contributed by atoms with Gasteiger partial charge in [0.15, 0.2) is 0 Å². The lowest BCUT2D eigenvalue weighted by Gasteiger charge is -2.32. The number of ether oxygens (including phenoxy) is 1. The van der Waals surface area contributed by atoms with Crippen LogP contribution in [0, 0.1) is 13.8 Å². The normalized spacial score (nSPS) is 17.7. The van der Waals surface area contributed by atoms with E-state index in [0.717, 1.165) is 35.6 Å². The maximum Gasteiger partial charge on any atom is 0.251 e. The van der Waals surface area contributed by atoms with Crippen molar-refractivity contribution in [3.63, 3.8) is 0 Å². The first-order chi connectivity index (χ1) is 12.5. The van der Waals surface area contributed by atoms with E-state index < -0.39 is 0 Å². The standard InChI is InChI=1S/C19H25N5O2/c1-12-5-6-14(18(25)21-3)10-15(12)16-11-26-8-4-7-24(16)17-9-13(2)22-19(20)23-17/h5-6,9-10,16H,4,7-8,11H2,1-3H3,(H,21,25)(H2,20,22,23)/t16-/m1/s1. The third-order valence-electron chi connectivity index (χ3n) is 4.62. The molecule has 1 aliphatic heterocycles. The lowest BCUT2D eigenvalue weighted by molar-refractivity contribution is 0.0962. The van der Waals surface area contributed by atoms with Gasteiger partial charge < -0.3 is 20.7 Å². The Balaban J connectivity index is 2.06. The number of nitrogens with zero attached hydrogens (tertiary/aromatic N) is 3. The lowest BCUT2D eigenvalue weighted by Crippen LogP contribution is -2.32. The number of carbonyl (C=O) groups is 1. The molecule has 0 spiro atoms. The van der Waals surface area contributed by atoms with Crippen molar-refractivity contribution in [1.82, 2.24) is 15.3 Å². The molecule has 1 fully saturated rings. The van der Waals surface area contributed by atoms with Crippen molar-refractivity contribution in [2.75, 3.05) is 37.4 Å². The number of hydrogen-bond acceptors (Lipinski definition) is 6. The Bertz CT molecular complexity index is 788. The average molecular weight is 355 g/mol. The second kappa shape index (κ2) is 7.70. The lowest BCUT2D eigenvalue weighted by atomic mass is 9.97. The first-order valence-corrected chi connectivity index (χ1v) is 8.77. The summed E-state index contributed by atoms with van der Waals surface area (Å²) < 4.78 is 5.84. The van der Waals surface area contributed by atoms with E-state index in [1.165, 1.54) is 0 Å². The van der Waals surface area contributed by atoms with Gasteiger partial charge in [0, 0.05) is 37.5 Å². The van der Waals surface area contributed by atoms with Crippen LogP contribution in [0.15, 0.2) is 24.3 Å². The molecule has 26 heavy (non-hydrogen) atoms. The fourth-order valence-electron chi connectivity index (χ4n) is 3.32. The Morgan fingerprint density at radius 2 is 2.12 bits per heavy atom. The van der Waals surface area contributed by atoms with Gasteiger partial charge in [0.25, 0.3) is 5.91 Å². The van der Waals surface area contributed by atoms with Crippen molar-refractivity contribution in [3.8, 4) is 0 Å². The summed E-state index contributed by atoms with van der Waals surface area (Å²) >= 11 is 0. The molecule has 1 atom stereocenters. The largest absolute Gasteiger partial charge is 0.379 e. The Morgan fingerprint density at radius 3 is 2.85 bits per heavy atom. The molecule has 1 aromatic carbocycles. The minimum absolute atomic E-state index is 0.0455. The number of benzene rings is 1. The molecule has 1 aliphatic rings. The van der Waals surface area contributed by atoms with Crippen LogP contribution in [0.25, 0.3) is 0 Å². The highest BCUT2D eigenvalue weighted by Crippen LogP contribution is 2.31. The van der Waals surface area contributed by atoms with E-state index >= 15 is 0 Å². The van der Waals surface area contributed by atoms with Crippen molar-refractivity contribution in [1.29, 1.82) is 0 Å². The van der Waals surface area contributed by atoms with Gasteiger partial charge in [-0.15, -0.1) is 0 Å². The smallest absolute Gasteiger partial charge is 0.251 e. The number of rotatable bonds is 3. The number of anilines is 2. The number of nitrogens with two attached hydrogens (primary N) is 1. The number of amides is 1. The molecule has 1 aromatic heterocycles. The van der Waals surface area contributed by atoms with Gasteiger partial charge in [0.1, 0.15) is 5.82 Å². The minimum atomic E-state index is -0.102. The molecule has 0 radical (unpaired) electrons. The van der Waals surface area contributed by atoms with E-state index in [9.17, 15) is 4.79 Å². The minimum Gasteiger partial charge on any atom is -0.379 e. The predicted octanol–water partition coefficient (Wildman–Crippen LogP) is 2.00. The van der Waals surface area contributed by atoms with Gasteiger partial charge in [-0.2, -0.15) is 4.98 Å². The van der Waals surface area contributed by atoms with Gasteiger partial charge in [-0.1, -0.05) is 6.07 Å². The van der Waals surface area contributed by atoms with Crippen molar-refractivity contribution >= 4 is 17.7 Å². The molecule has 1 amide bonds. The molecule has 3 rings (SSSR count). The van der Waals surface area contributed by atoms with Crippen LogP contribution in [0.5, 0.6) is 0 Å². The predicted molar refractivity (Wildman–Crippen MR) is 101 cm³/mol. The molecule has 2 heterocycles. The fourth-order valence-corrected chi connectivity index (χ4v) is 3.32. The van der Waals surface area contributed by atoms with Crippen LogP contribution in [0.2, 0.25) is 0 Å². The molecule has 0 saturated carbocycles. The third kappa shape index (κ3) is 3.77. The van der Waals surface area contributed by atoms with Gasteiger partial charge >= 0.3 is 0 Å². The van der Waals surface area contributed by atoms with Crippen LogP contribution >= 0.6 is 0 Å². The highest BCUT2D eigenvalue weighted by molar-refractivity contribution is 5.94. The summed E-state index contributed by atoms with van der Waals surface area (Å²) in [6.45, 7) is 5.97. The second-order valence-corrected chi connectivity index (χ2v) is 6.51. The highest BCUT2D eigenvalue weighted by Gasteiger charge is 2.27. The van der Waals surface area contributed by atoms with Gasteiger partial charge in [-0.05, 0) is 43.5 Å². The molecule has 0 unspecified atom stereocenters. The molecule has 1 saturated heterocycles. The summed E-state index contributed by atoms with van der Waals surface area (Å²) in [5.41, 5.74) is 9.50. The number of nitrogen functional groups attached to an aromatic ring is 1. The molecule has 2 aromatic rings. The van der Waals surface area contributed by atoms with Crippen LogP contribution in [-0.4, -0.2) is 42.7 Å². The first-order valence-electron chi connectivity index (χ1n) is 8.77. The number of aryl methyl sites for hydroxylation is 2. The Kier molecular flexibility index (Phi) is 5.37. The molecule has 3 N–H and O–H groups in total. The van der Waals surface area contributed by atoms with Crippen molar-refractivity contribution in [2.24, 2.45) is 0 Å². The molecular weight excluding hydrogens is 330 g/mol. The zero-order valence-corrected chi connectivity index (χ0v) is 15.5. The number of nitrogens with one attached hydrogen (secondary N) is 1. The van der Waals surface area contributed by atoms with Gasteiger partial charge in [0.05, 0.1) is 12.6 Å². The number of carbonyl (C=O) groups excluding carboxylic acids is 1. The maximum atomic E-state index is 12.1. The molecule has 7 nitrogen and oxygen atoms in total. The van der Waals surface area contributed by atoms with Crippen molar-refractivity contribution in [3.05, 3.63) is 46.6 Å². The average Bonchev–Trinajstić information content (AvgIpc) is 2.86. The quantitative estimate of drug-likeness (QED) is 0.875. The Labute approximate surface area is 153 Å². The van der Waals surface area contributed by atoms with Crippen LogP contribution in [-0.2, 0) is 4.74 Å². The van der Waals surface area contributed by atoms with Crippen molar-refractivity contribution < 1.29 is 9.53 Å². The Morgan fingerprint density at radius 1 is 1.31 bits per heavy atom. The first kappa shape index (κ1) is 18.1. The molecule has 0 bridgehead atoms. The Hall–Kier alpha value is -2.67. The van der Waals surface area contributed by atoms with Gasteiger partial charge in [-0.3, -0.25) is 4.79 Å². The van der Waals surface area contributed by atoms with E-state index in [1.807, 2.05) is 38.1 Å². The zero-order valence-electron chi connectivity index (χ0n) is 15.5. The van der Waals surface area contributed by atoms with E-state index in [0.29, 0.717) is 18.8 Å². The summed E-state index contributed by atoms with van der Waals surface area (Å²) in [7, 11) is 1.63. The summed E-state index contributed by atoms with van der Waals surface area (Å²) in [6, 6.07) is 7.65. The number of aromatic nitrogens is 2. The SMILES string of the molecule is CNC(=O)c1ccc(C)c([C@H]2COCCCN2c2cc(C)nc(N)n2)c1. The van der Waals surface area contributed by atoms with E-state index in [4.69, 9.17) is 10.5 Å². The molecule has 138 valence electrons. The summed E-state index contributed by atoms with van der Waals surface area (Å²) in [4.78, 5) is 22.9. The van der Waals surface area contributed by atoms with E-state index in [1.54, 1.807) is 7.05 Å². The monoisotopic (exact) mass is 355 g/mol. The zero-order chi connectivity index (χ0) is 18.7. The maximum absolute atomic E-state index is 12.1. The van der Waals surface area contributed by atoms with Gasteiger partial charge in [0.2, 0.25) is 5.95 Å². The third-order valence-corrected chi connectivity index (χ3v) is 4.62. The van der Waals surface area contributed by atoms with Crippen LogP contribution < -0.4 is 16.0 Å². The van der Waals surface area contributed by atoms with Crippen molar-refractivity contribution in [2.45, 2.75) is 26.3 Å². The second-order valence-electron chi connectivity index (χ2n) is 6.51. The van der Waals surface area contributed by atoms with Crippen LogP contribution in [0.1, 0.15) is 39.6 Å². The fraction of sp³-hybridized carbons (Fsp3) is 0.421. The van der Waals surface area contributed by atoms with Gasteiger partial charge in [-0.25, -0.2) is 4.98 Å². The summed E-state index contributed by atoms with van der Waals surface area (Å²) in [5, 5.41) is 2.68. The highest BCUT2D eigenvalue weighted by atomic mass is 16.5. The van der Waals surface area contributed by atoms with Crippen LogP contribution in [0.4, 0.5) is 11.8 Å². The molecular formula is C19H25N5O2. The molecule has 7 heteroatoms. The van der Waals surface area contributed by atoms with E-state index in [2.05, 4.69) is 20.2 Å². The summed E-state index contributed by atoms with van der Waals surface area (Å²) in [5.74, 6) is 0.949. The van der Waals surface area contributed by atoms with E-state index in [-0.39, 0.29) is 17.9 Å². The topological polar surface area (TPSA) is 93.4 Å². The van der Waals surface area contributed by atoms with Crippen LogP contribution in [0.3, 0.4) is 0 Å². The summed E-state index contributed by atoms with van der Waals surface area (Å²) in [6.07, 6.45) is 0.896.